The van der Waals surface area contributed by atoms with Gasteiger partial charge in [0.2, 0.25) is 5.13 Å². The van der Waals surface area contributed by atoms with Gasteiger partial charge in [-0.15, -0.1) is 0 Å². The van der Waals surface area contributed by atoms with Crippen molar-refractivity contribution in [1.82, 2.24) is 14.7 Å². The molecular formula is C12H22N4S. The summed E-state index contributed by atoms with van der Waals surface area (Å²) in [6.45, 7) is 12.9. The third-order valence-electron chi connectivity index (χ3n) is 3.10. The van der Waals surface area contributed by atoms with Crippen LogP contribution >= 0.6 is 11.5 Å². The minimum Gasteiger partial charge on any atom is -0.341 e. The smallest absolute Gasteiger partial charge is 0.205 e. The van der Waals surface area contributed by atoms with Crippen molar-refractivity contribution >= 4 is 16.7 Å². The second kappa shape index (κ2) is 4.53. The standard InChI is InChI=1S/C12H22N4S/c1-8-7-16(9(2)6-13-8)11-14-10(15-17-11)12(3,4)5/h8-9,13H,6-7H2,1-5H3. The fourth-order valence-corrected chi connectivity index (χ4v) is 2.89. The summed E-state index contributed by atoms with van der Waals surface area (Å²) in [5, 5.41) is 4.55. The monoisotopic (exact) mass is 254 g/mol. The molecule has 2 heterocycles. The van der Waals surface area contributed by atoms with Gasteiger partial charge in [0.15, 0.2) is 0 Å². The molecule has 17 heavy (non-hydrogen) atoms. The Morgan fingerprint density at radius 3 is 2.65 bits per heavy atom. The molecular weight excluding hydrogens is 232 g/mol. The van der Waals surface area contributed by atoms with Crippen molar-refractivity contribution in [3.8, 4) is 0 Å². The predicted molar refractivity (Wildman–Crippen MR) is 72.9 cm³/mol. The Kier molecular flexibility index (Phi) is 3.41. The van der Waals surface area contributed by atoms with Gasteiger partial charge in [0.1, 0.15) is 5.82 Å². The molecule has 2 unspecified atom stereocenters. The van der Waals surface area contributed by atoms with Crippen LogP contribution in [0.1, 0.15) is 40.4 Å². The summed E-state index contributed by atoms with van der Waals surface area (Å²) < 4.78 is 4.49. The van der Waals surface area contributed by atoms with E-state index in [2.05, 4.69) is 49.2 Å². The summed E-state index contributed by atoms with van der Waals surface area (Å²) in [5.74, 6) is 0.955. The first-order valence-corrected chi connectivity index (χ1v) is 6.99. The van der Waals surface area contributed by atoms with Crippen LogP contribution in [0, 0.1) is 0 Å². The molecule has 1 saturated heterocycles. The Balaban J connectivity index is 2.19. The van der Waals surface area contributed by atoms with E-state index >= 15 is 0 Å². The van der Waals surface area contributed by atoms with Crippen LogP contribution in [0.4, 0.5) is 5.13 Å². The van der Waals surface area contributed by atoms with Gasteiger partial charge < -0.3 is 10.2 Å². The number of rotatable bonds is 1. The molecule has 4 nitrogen and oxygen atoms in total. The molecule has 1 aliphatic rings. The van der Waals surface area contributed by atoms with Gasteiger partial charge in [-0.2, -0.15) is 4.37 Å². The highest BCUT2D eigenvalue weighted by Gasteiger charge is 2.27. The average Bonchev–Trinajstić information content (AvgIpc) is 2.70. The lowest BCUT2D eigenvalue weighted by molar-refractivity contribution is 0.424. The molecule has 5 heteroatoms. The Hall–Kier alpha value is -0.680. The maximum atomic E-state index is 4.70. The van der Waals surface area contributed by atoms with Gasteiger partial charge in [0, 0.05) is 42.1 Å². The highest BCUT2D eigenvalue weighted by Crippen LogP contribution is 2.27. The molecule has 1 N–H and O–H groups in total. The average molecular weight is 254 g/mol. The van der Waals surface area contributed by atoms with Crippen molar-refractivity contribution in [2.24, 2.45) is 0 Å². The maximum absolute atomic E-state index is 4.70. The zero-order valence-electron chi connectivity index (χ0n) is 11.3. The second-order valence-corrected chi connectivity index (χ2v) is 6.69. The fraction of sp³-hybridized carbons (Fsp3) is 0.833. The molecule has 0 radical (unpaired) electrons. The van der Waals surface area contributed by atoms with E-state index in [-0.39, 0.29) is 5.41 Å². The molecule has 96 valence electrons. The lowest BCUT2D eigenvalue weighted by Crippen LogP contribution is -2.54. The van der Waals surface area contributed by atoms with E-state index in [9.17, 15) is 0 Å². The third kappa shape index (κ3) is 2.77. The van der Waals surface area contributed by atoms with E-state index in [4.69, 9.17) is 4.98 Å². The molecule has 1 aliphatic heterocycles. The molecule has 1 fully saturated rings. The van der Waals surface area contributed by atoms with E-state index in [1.54, 1.807) is 0 Å². The number of hydrogen-bond donors (Lipinski definition) is 1. The van der Waals surface area contributed by atoms with Gasteiger partial charge >= 0.3 is 0 Å². The first kappa shape index (κ1) is 12.8. The molecule has 1 aromatic rings. The summed E-state index contributed by atoms with van der Waals surface area (Å²) in [7, 11) is 0. The Morgan fingerprint density at radius 2 is 2.06 bits per heavy atom. The zero-order chi connectivity index (χ0) is 12.6. The van der Waals surface area contributed by atoms with Crippen LogP contribution in [0.15, 0.2) is 0 Å². The molecule has 0 amide bonds. The van der Waals surface area contributed by atoms with Crippen molar-refractivity contribution in [2.75, 3.05) is 18.0 Å². The molecule has 0 spiro atoms. The summed E-state index contributed by atoms with van der Waals surface area (Å²) in [5.41, 5.74) is 0.0393. The van der Waals surface area contributed by atoms with Crippen molar-refractivity contribution in [3.63, 3.8) is 0 Å². The molecule has 2 atom stereocenters. The first-order valence-electron chi connectivity index (χ1n) is 6.22. The van der Waals surface area contributed by atoms with Crippen LogP contribution in [-0.2, 0) is 5.41 Å². The lowest BCUT2D eigenvalue weighted by atomic mass is 9.96. The Bertz CT molecular complexity index is 382. The molecule has 2 rings (SSSR count). The second-order valence-electron chi connectivity index (χ2n) is 5.96. The van der Waals surface area contributed by atoms with Crippen molar-refractivity contribution < 1.29 is 0 Å². The zero-order valence-corrected chi connectivity index (χ0v) is 12.1. The summed E-state index contributed by atoms with van der Waals surface area (Å²) in [4.78, 5) is 7.06. The van der Waals surface area contributed by atoms with Gasteiger partial charge in [-0.25, -0.2) is 4.98 Å². The molecule has 0 saturated carbocycles. The van der Waals surface area contributed by atoms with Crippen molar-refractivity contribution in [2.45, 2.75) is 52.1 Å². The normalized spacial score (nSPS) is 26.3. The summed E-state index contributed by atoms with van der Waals surface area (Å²) >= 11 is 1.53. The van der Waals surface area contributed by atoms with Gasteiger partial charge in [-0.05, 0) is 13.8 Å². The summed E-state index contributed by atoms with van der Waals surface area (Å²) in [6, 6.07) is 1.01. The Morgan fingerprint density at radius 1 is 1.35 bits per heavy atom. The van der Waals surface area contributed by atoms with Crippen LogP contribution < -0.4 is 10.2 Å². The van der Waals surface area contributed by atoms with Gasteiger partial charge in [-0.1, -0.05) is 20.8 Å². The molecule has 0 aliphatic carbocycles. The van der Waals surface area contributed by atoms with Gasteiger partial charge in [0.05, 0.1) is 0 Å². The van der Waals surface area contributed by atoms with Crippen LogP contribution in [-0.4, -0.2) is 34.5 Å². The van der Waals surface area contributed by atoms with Crippen molar-refractivity contribution in [1.29, 1.82) is 0 Å². The van der Waals surface area contributed by atoms with Gasteiger partial charge in [-0.3, -0.25) is 0 Å². The minimum atomic E-state index is 0.0393. The van der Waals surface area contributed by atoms with Crippen LogP contribution in [0.25, 0.3) is 0 Å². The number of aromatic nitrogens is 2. The first-order chi connectivity index (χ1) is 7.88. The SMILES string of the molecule is CC1CN(c2nc(C(C)(C)C)ns2)C(C)CN1. The maximum Gasteiger partial charge on any atom is 0.205 e. The topological polar surface area (TPSA) is 41.1 Å². The third-order valence-corrected chi connectivity index (χ3v) is 3.85. The van der Waals surface area contributed by atoms with Crippen LogP contribution in [0.2, 0.25) is 0 Å². The van der Waals surface area contributed by atoms with Crippen molar-refractivity contribution in [3.05, 3.63) is 5.82 Å². The minimum absolute atomic E-state index is 0.0393. The molecule has 0 aromatic carbocycles. The number of anilines is 1. The van der Waals surface area contributed by atoms with E-state index in [0.717, 1.165) is 24.0 Å². The number of piperazine rings is 1. The van der Waals surface area contributed by atoms with E-state index in [0.29, 0.717) is 12.1 Å². The predicted octanol–water partition coefficient (Wildman–Crippen LogP) is 2.02. The largest absolute Gasteiger partial charge is 0.341 e. The highest BCUT2D eigenvalue weighted by molar-refractivity contribution is 7.09. The quantitative estimate of drug-likeness (QED) is 0.832. The van der Waals surface area contributed by atoms with E-state index < -0.39 is 0 Å². The van der Waals surface area contributed by atoms with Crippen LogP contribution in [0.3, 0.4) is 0 Å². The molecule has 1 aromatic heterocycles. The number of nitrogens with one attached hydrogen (secondary N) is 1. The van der Waals surface area contributed by atoms with E-state index in [1.807, 2.05) is 0 Å². The number of hydrogen-bond acceptors (Lipinski definition) is 5. The fourth-order valence-electron chi connectivity index (χ4n) is 1.92. The highest BCUT2D eigenvalue weighted by atomic mass is 32.1. The van der Waals surface area contributed by atoms with Crippen LogP contribution in [0.5, 0.6) is 0 Å². The number of nitrogens with zero attached hydrogens (tertiary/aromatic N) is 3. The van der Waals surface area contributed by atoms with Gasteiger partial charge in [0.25, 0.3) is 0 Å². The Labute approximate surface area is 108 Å². The lowest BCUT2D eigenvalue weighted by Gasteiger charge is -2.37. The summed E-state index contributed by atoms with van der Waals surface area (Å²) in [6.07, 6.45) is 0. The van der Waals surface area contributed by atoms with E-state index in [1.165, 1.54) is 11.5 Å². The molecule has 0 bridgehead atoms.